The summed E-state index contributed by atoms with van der Waals surface area (Å²) < 4.78 is 33.6. The molecule has 1 aliphatic rings. The normalized spacial score (nSPS) is 17.6. The molecule has 0 radical (unpaired) electrons. The van der Waals surface area contributed by atoms with E-state index in [1.54, 1.807) is 24.4 Å². The van der Waals surface area contributed by atoms with Gasteiger partial charge in [0.05, 0.1) is 19.0 Å². The highest BCUT2D eigenvalue weighted by atomic mass is 32.2. The second kappa shape index (κ2) is 7.76. The van der Waals surface area contributed by atoms with Crippen LogP contribution in [0.3, 0.4) is 0 Å². The van der Waals surface area contributed by atoms with Crippen LogP contribution in [0.25, 0.3) is 0 Å². The van der Waals surface area contributed by atoms with Crippen molar-refractivity contribution in [2.24, 2.45) is 5.92 Å². The predicted octanol–water partition coefficient (Wildman–Crippen LogP) is 3.74. The van der Waals surface area contributed by atoms with Crippen LogP contribution in [0.5, 0.6) is 5.75 Å². The third kappa shape index (κ3) is 4.35. The van der Waals surface area contributed by atoms with E-state index in [1.165, 1.54) is 13.5 Å². The van der Waals surface area contributed by atoms with Crippen LogP contribution in [0.15, 0.2) is 35.4 Å². The number of aryl methyl sites for hydroxylation is 2. The zero-order valence-corrected chi connectivity index (χ0v) is 17.1. The van der Waals surface area contributed by atoms with Crippen LogP contribution in [-0.4, -0.2) is 33.6 Å². The molecule has 27 heavy (non-hydrogen) atoms. The fourth-order valence-corrected chi connectivity index (χ4v) is 4.65. The van der Waals surface area contributed by atoms with Crippen molar-refractivity contribution in [3.63, 3.8) is 0 Å². The van der Waals surface area contributed by atoms with Crippen molar-refractivity contribution in [3.8, 4) is 5.75 Å². The number of nitrogens with zero attached hydrogens (tertiary/aromatic N) is 2. The molecule has 3 rings (SSSR count). The molecule has 6 nitrogen and oxygen atoms in total. The highest BCUT2D eigenvalue weighted by molar-refractivity contribution is 7.92. The smallest absolute Gasteiger partial charge is 0.265 e. The van der Waals surface area contributed by atoms with E-state index < -0.39 is 10.0 Å². The molecule has 1 aromatic heterocycles. The molecule has 2 heterocycles. The predicted molar refractivity (Wildman–Crippen MR) is 108 cm³/mol. The first kappa shape index (κ1) is 19.5. The fourth-order valence-electron chi connectivity index (χ4n) is 3.37. The number of ether oxygens (including phenoxy) is 1. The summed E-state index contributed by atoms with van der Waals surface area (Å²) in [6.45, 7) is 8.02. The minimum atomic E-state index is -3.77. The average molecular weight is 390 g/mol. The van der Waals surface area contributed by atoms with Gasteiger partial charge in [0.15, 0.2) is 0 Å². The number of piperidine rings is 1. The summed E-state index contributed by atoms with van der Waals surface area (Å²) in [7, 11) is -2.30. The van der Waals surface area contributed by atoms with Crippen molar-refractivity contribution >= 4 is 21.5 Å². The zero-order valence-electron chi connectivity index (χ0n) is 16.3. The van der Waals surface area contributed by atoms with Crippen molar-refractivity contribution in [1.82, 2.24) is 4.98 Å². The van der Waals surface area contributed by atoms with Crippen molar-refractivity contribution in [3.05, 3.63) is 41.6 Å². The van der Waals surface area contributed by atoms with Gasteiger partial charge in [-0.3, -0.25) is 4.72 Å². The number of hydrogen-bond donors (Lipinski definition) is 1. The maximum absolute atomic E-state index is 12.8. The van der Waals surface area contributed by atoms with E-state index >= 15 is 0 Å². The maximum Gasteiger partial charge on any atom is 0.265 e. The quantitative estimate of drug-likeness (QED) is 0.843. The number of nitrogens with one attached hydrogen (secondary N) is 1. The summed E-state index contributed by atoms with van der Waals surface area (Å²) in [5.74, 6) is 1.86. The lowest BCUT2D eigenvalue weighted by Crippen LogP contribution is -2.34. The van der Waals surface area contributed by atoms with E-state index in [2.05, 4.69) is 21.5 Å². The Morgan fingerprint density at radius 3 is 2.59 bits per heavy atom. The Bertz CT molecular complexity index is 911. The molecule has 0 saturated carbocycles. The van der Waals surface area contributed by atoms with E-state index in [1.807, 2.05) is 19.9 Å². The molecule has 7 heteroatoms. The second-order valence-corrected chi connectivity index (χ2v) is 8.94. The van der Waals surface area contributed by atoms with E-state index in [4.69, 9.17) is 4.74 Å². The standard InChI is InChI=1S/C20H27N3O3S/c1-14-6-5-9-23(13-14)20-8-7-17(12-21-20)22-27(24,25)19-11-16(3)15(2)10-18(19)26-4/h7-8,10-12,14,22H,5-6,9,13H2,1-4H3. The number of anilines is 2. The number of benzene rings is 1. The van der Waals surface area contributed by atoms with Crippen molar-refractivity contribution < 1.29 is 13.2 Å². The molecule has 1 saturated heterocycles. The molecular formula is C20H27N3O3S. The third-order valence-corrected chi connectivity index (χ3v) is 6.45. The van der Waals surface area contributed by atoms with E-state index in [0.29, 0.717) is 17.4 Å². The first-order valence-corrected chi connectivity index (χ1v) is 10.7. The van der Waals surface area contributed by atoms with Gasteiger partial charge >= 0.3 is 0 Å². The average Bonchev–Trinajstić information content (AvgIpc) is 2.64. The van der Waals surface area contributed by atoms with Gasteiger partial charge in [0, 0.05) is 13.1 Å². The second-order valence-electron chi connectivity index (χ2n) is 7.29. The van der Waals surface area contributed by atoms with Crippen LogP contribution in [0.1, 0.15) is 30.9 Å². The number of pyridine rings is 1. The van der Waals surface area contributed by atoms with Gasteiger partial charge in [0.25, 0.3) is 10.0 Å². The van der Waals surface area contributed by atoms with Gasteiger partial charge in [0.1, 0.15) is 16.5 Å². The molecule has 146 valence electrons. The first-order chi connectivity index (χ1) is 12.8. The molecule has 1 unspecified atom stereocenters. The van der Waals surface area contributed by atoms with Gasteiger partial charge in [-0.15, -0.1) is 0 Å². The molecule has 1 N–H and O–H groups in total. The third-order valence-electron chi connectivity index (χ3n) is 5.05. The van der Waals surface area contributed by atoms with Gasteiger partial charge < -0.3 is 9.64 Å². The Labute approximate surface area is 161 Å². The number of methoxy groups -OCH3 is 1. The number of sulfonamides is 1. The number of rotatable bonds is 5. The van der Waals surface area contributed by atoms with Crippen LogP contribution in [0, 0.1) is 19.8 Å². The molecule has 1 aromatic carbocycles. The van der Waals surface area contributed by atoms with Crippen molar-refractivity contribution in [1.29, 1.82) is 0 Å². The monoisotopic (exact) mass is 389 g/mol. The Morgan fingerprint density at radius 1 is 1.22 bits per heavy atom. The Hall–Kier alpha value is -2.28. The SMILES string of the molecule is COc1cc(C)c(C)cc1S(=O)(=O)Nc1ccc(N2CCCC(C)C2)nc1. The molecule has 0 spiro atoms. The molecule has 0 amide bonds. The molecule has 1 fully saturated rings. The molecule has 0 aliphatic carbocycles. The molecule has 0 bridgehead atoms. The summed E-state index contributed by atoms with van der Waals surface area (Å²) in [6.07, 6.45) is 3.97. The van der Waals surface area contributed by atoms with Gasteiger partial charge in [-0.1, -0.05) is 6.92 Å². The lowest BCUT2D eigenvalue weighted by Gasteiger charge is -2.31. The molecule has 2 aromatic rings. The van der Waals surface area contributed by atoms with E-state index in [9.17, 15) is 8.42 Å². The summed E-state index contributed by atoms with van der Waals surface area (Å²) in [5, 5.41) is 0. The minimum absolute atomic E-state index is 0.127. The summed E-state index contributed by atoms with van der Waals surface area (Å²) in [6, 6.07) is 7.00. The van der Waals surface area contributed by atoms with Crippen LogP contribution >= 0.6 is 0 Å². The largest absolute Gasteiger partial charge is 0.495 e. The lowest BCUT2D eigenvalue weighted by molar-refractivity contribution is 0.402. The Kier molecular flexibility index (Phi) is 5.60. The van der Waals surface area contributed by atoms with Gasteiger partial charge in [-0.25, -0.2) is 13.4 Å². The minimum Gasteiger partial charge on any atom is -0.495 e. The van der Waals surface area contributed by atoms with Crippen LogP contribution in [0.4, 0.5) is 11.5 Å². The molecule has 1 atom stereocenters. The van der Waals surface area contributed by atoms with Crippen LogP contribution in [-0.2, 0) is 10.0 Å². The highest BCUT2D eigenvalue weighted by Gasteiger charge is 2.22. The summed E-state index contributed by atoms with van der Waals surface area (Å²) in [4.78, 5) is 6.83. The number of aromatic nitrogens is 1. The Morgan fingerprint density at radius 2 is 1.96 bits per heavy atom. The first-order valence-electron chi connectivity index (χ1n) is 9.19. The van der Waals surface area contributed by atoms with Crippen molar-refractivity contribution in [2.75, 3.05) is 29.8 Å². The van der Waals surface area contributed by atoms with E-state index in [-0.39, 0.29) is 4.90 Å². The highest BCUT2D eigenvalue weighted by Crippen LogP contribution is 2.29. The van der Waals surface area contributed by atoms with Gasteiger partial charge in [-0.05, 0) is 68.0 Å². The topological polar surface area (TPSA) is 71.5 Å². The summed E-state index contributed by atoms with van der Waals surface area (Å²) in [5.41, 5.74) is 2.31. The van der Waals surface area contributed by atoms with Crippen molar-refractivity contribution in [2.45, 2.75) is 38.5 Å². The molecular weight excluding hydrogens is 362 g/mol. The fraction of sp³-hybridized carbons (Fsp3) is 0.450. The van der Waals surface area contributed by atoms with Gasteiger partial charge in [0.2, 0.25) is 0 Å². The maximum atomic E-state index is 12.8. The number of hydrogen-bond acceptors (Lipinski definition) is 5. The summed E-state index contributed by atoms with van der Waals surface area (Å²) >= 11 is 0. The van der Waals surface area contributed by atoms with Crippen LogP contribution in [0.2, 0.25) is 0 Å². The molecule has 1 aliphatic heterocycles. The zero-order chi connectivity index (χ0) is 19.6. The Balaban J connectivity index is 1.81. The van der Waals surface area contributed by atoms with Crippen LogP contribution < -0.4 is 14.4 Å². The lowest BCUT2D eigenvalue weighted by atomic mass is 10.0. The van der Waals surface area contributed by atoms with E-state index in [0.717, 1.165) is 36.5 Å². The van der Waals surface area contributed by atoms with Gasteiger partial charge in [-0.2, -0.15) is 0 Å².